The smallest absolute Gasteiger partial charge is 0.334 e. The summed E-state index contributed by atoms with van der Waals surface area (Å²) in [5, 5.41) is 24.7. The molecule has 1 aromatic heterocycles. The Kier molecular flexibility index (Phi) is 4.06. The molecule has 0 fully saturated rings. The SMILES string of the molecule is COC(CNc1c(C#N)c(C)nn1C)C(=O)O. The van der Waals surface area contributed by atoms with Crippen molar-refractivity contribution in [3.05, 3.63) is 11.3 Å². The highest BCUT2D eigenvalue weighted by Gasteiger charge is 2.19. The molecule has 0 aliphatic carbocycles. The quantitative estimate of drug-likeness (QED) is 0.755. The summed E-state index contributed by atoms with van der Waals surface area (Å²) in [6.45, 7) is 1.79. The number of carboxylic acid groups (broad SMARTS) is 1. The van der Waals surface area contributed by atoms with Crippen LogP contribution in [-0.2, 0) is 16.6 Å². The molecular formula is C10H14N4O3. The molecule has 0 aliphatic rings. The van der Waals surface area contributed by atoms with Gasteiger partial charge in [-0.1, -0.05) is 0 Å². The molecule has 7 nitrogen and oxygen atoms in total. The molecule has 0 aliphatic heterocycles. The number of ether oxygens (including phenoxy) is 1. The second kappa shape index (κ2) is 5.32. The number of nitrogens with zero attached hydrogens (tertiary/aromatic N) is 3. The minimum atomic E-state index is -1.06. The Hall–Kier alpha value is -2.07. The van der Waals surface area contributed by atoms with Gasteiger partial charge in [-0.2, -0.15) is 10.4 Å². The van der Waals surface area contributed by atoms with Crippen LogP contribution < -0.4 is 5.32 Å². The first kappa shape index (κ1) is 13.0. The first-order valence-electron chi connectivity index (χ1n) is 4.94. The Morgan fingerprint density at radius 2 is 2.41 bits per heavy atom. The third-order valence-electron chi connectivity index (χ3n) is 2.35. The van der Waals surface area contributed by atoms with Gasteiger partial charge in [-0.05, 0) is 6.92 Å². The van der Waals surface area contributed by atoms with Crippen molar-refractivity contribution in [2.75, 3.05) is 19.0 Å². The zero-order valence-electron chi connectivity index (χ0n) is 9.89. The van der Waals surface area contributed by atoms with E-state index in [1.165, 1.54) is 11.8 Å². The first-order valence-corrected chi connectivity index (χ1v) is 4.94. The normalized spacial score (nSPS) is 11.9. The van der Waals surface area contributed by atoms with E-state index in [0.717, 1.165) is 0 Å². The third-order valence-corrected chi connectivity index (χ3v) is 2.35. The van der Waals surface area contributed by atoms with Crippen LogP contribution in [0.4, 0.5) is 5.82 Å². The van der Waals surface area contributed by atoms with E-state index in [1.807, 2.05) is 6.07 Å². The van der Waals surface area contributed by atoms with Crippen LogP contribution in [0.5, 0.6) is 0 Å². The number of nitriles is 1. The van der Waals surface area contributed by atoms with Gasteiger partial charge in [0, 0.05) is 14.2 Å². The van der Waals surface area contributed by atoms with Crippen LogP contribution in [0.2, 0.25) is 0 Å². The van der Waals surface area contributed by atoms with E-state index in [2.05, 4.69) is 10.4 Å². The second-order valence-corrected chi connectivity index (χ2v) is 3.49. The summed E-state index contributed by atoms with van der Waals surface area (Å²) < 4.78 is 6.28. The standard InChI is InChI=1S/C10H14N4O3/c1-6-7(4-11)9(14(2)13-6)12-5-8(17-3)10(15)16/h8,12H,5H2,1-3H3,(H,15,16). The van der Waals surface area contributed by atoms with Crippen LogP contribution in [0.1, 0.15) is 11.3 Å². The van der Waals surface area contributed by atoms with Gasteiger partial charge in [-0.15, -0.1) is 0 Å². The topological polar surface area (TPSA) is 100 Å². The van der Waals surface area contributed by atoms with Crippen molar-refractivity contribution in [1.82, 2.24) is 9.78 Å². The van der Waals surface area contributed by atoms with E-state index in [9.17, 15) is 4.79 Å². The van der Waals surface area contributed by atoms with E-state index < -0.39 is 12.1 Å². The Balaban J connectivity index is 2.82. The van der Waals surface area contributed by atoms with Gasteiger partial charge >= 0.3 is 5.97 Å². The number of aliphatic carboxylic acids is 1. The maximum absolute atomic E-state index is 10.7. The lowest BCUT2D eigenvalue weighted by Gasteiger charge is -2.12. The average Bonchev–Trinajstić information content (AvgIpc) is 2.53. The van der Waals surface area contributed by atoms with Crippen LogP contribution >= 0.6 is 0 Å². The van der Waals surface area contributed by atoms with Crippen LogP contribution in [0, 0.1) is 18.3 Å². The molecule has 0 aromatic carbocycles. The fourth-order valence-electron chi connectivity index (χ4n) is 1.46. The number of aryl methyl sites for hydroxylation is 2. The maximum Gasteiger partial charge on any atom is 0.334 e. The second-order valence-electron chi connectivity index (χ2n) is 3.49. The number of hydrogen-bond donors (Lipinski definition) is 2. The molecule has 0 saturated carbocycles. The molecule has 0 saturated heterocycles. The van der Waals surface area contributed by atoms with Gasteiger partial charge in [0.05, 0.1) is 12.2 Å². The predicted octanol–water partition coefficient (Wildman–Crippen LogP) is 0.112. The molecule has 1 rings (SSSR count). The molecule has 1 atom stereocenters. The maximum atomic E-state index is 10.7. The molecular weight excluding hydrogens is 224 g/mol. The number of methoxy groups -OCH3 is 1. The molecule has 1 aromatic rings. The summed E-state index contributed by atoms with van der Waals surface area (Å²) >= 11 is 0. The van der Waals surface area contributed by atoms with Gasteiger partial charge in [0.15, 0.2) is 6.10 Å². The van der Waals surface area contributed by atoms with E-state index in [0.29, 0.717) is 17.1 Å². The number of carboxylic acids is 1. The number of aromatic nitrogens is 2. The molecule has 92 valence electrons. The Bertz CT molecular complexity index is 461. The van der Waals surface area contributed by atoms with Crippen molar-refractivity contribution >= 4 is 11.8 Å². The van der Waals surface area contributed by atoms with Crippen molar-refractivity contribution < 1.29 is 14.6 Å². The molecule has 17 heavy (non-hydrogen) atoms. The lowest BCUT2D eigenvalue weighted by molar-refractivity contribution is -0.147. The number of rotatable bonds is 5. The van der Waals surface area contributed by atoms with Gasteiger partial charge < -0.3 is 15.2 Å². The molecule has 0 spiro atoms. The summed E-state index contributed by atoms with van der Waals surface area (Å²) in [5.74, 6) is -0.564. The van der Waals surface area contributed by atoms with Gasteiger partial charge in [-0.3, -0.25) is 4.68 Å². The summed E-state index contributed by atoms with van der Waals surface area (Å²) in [6.07, 6.45) is -0.961. The van der Waals surface area contributed by atoms with Crippen molar-refractivity contribution in [1.29, 1.82) is 5.26 Å². The molecule has 7 heteroatoms. The molecule has 1 unspecified atom stereocenters. The number of anilines is 1. The summed E-state index contributed by atoms with van der Waals surface area (Å²) in [4.78, 5) is 10.7. The first-order chi connectivity index (χ1) is 8.01. The largest absolute Gasteiger partial charge is 0.479 e. The minimum Gasteiger partial charge on any atom is -0.479 e. The van der Waals surface area contributed by atoms with Gasteiger partial charge in [0.2, 0.25) is 0 Å². The van der Waals surface area contributed by atoms with Crippen LogP contribution in [0.15, 0.2) is 0 Å². The van der Waals surface area contributed by atoms with E-state index in [-0.39, 0.29) is 6.54 Å². The fraction of sp³-hybridized carbons (Fsp3) is 0.500. The third kappa shape index (κ3) is 2.73. The molecule has 0 bridgehead atoms. The molecule has 0 radical (unpaired) electrons. The Morgan fingerprint density at radius 3 is 2.88 bits per heavy atom. The number of hydrogen-bond acceptors (Lipinski definition) is 5. The van der Waals surface area contributed by atoms with Crippen LogP contribution in [0.3, 0.4) is 0 Å². The molecule has 0 amide bonds. The number of nitrogens with one attached hydrogen (secondary N) is 1. The van der Waals surface area contributed by atoms with Crippen LogP contribution in [-0.4, -0.2) is 40.6 Å². The van der Waals surface area contributed by atoms with E-state index in [4.69, 9.17) is 15.1 Å². The van der Waals surface area contributed by atoms with Gasteiger partial charge in [-0.25, -0.2) is 4.79 Å². The van der Waals surface area contributed by atoms with Crippen molar-refractivity contribution in [3.8, 4) is 6.07 Å². The highest BCUT2D eigenvalue weighted by Crippen LogP contribution is 2.17. The van der Waals surface area contributed by atoms with Gasteiger partial charge in [0.1, 0.15) is 17.5 Å². The monoisotopic (exact) mass is 238 g/mol. The Morgan fingerprint density at radius 1 is 1.76 bits per heavy atom. The van der Waals surface area contributed by atoms with E-state index in [1.54, 1.807) is 14.0 Å². The average molecular weight is 238 g/mol. The summed E-state index contributed by atoms with van der Waals surface area (Å²) in [7, 11) is 3.00. The molecule has 2 N–H and O–H groups in total. The number of carbonyl (C=O) groups is 1. The van der Waals surface area contributed by atoms with Crippen molar-refractivity contribution in [3.63, 3.8) is 0 Å². The van der Waals surface area contributed by atoms with E-state index >= 15 is 0 Å². The predicted molar refractivity (Wildman–Crippen MR) is 59.6 cm³/mol. The highest BCUT2D eigenvalue weighted by atomic mass is 16.5. The van der Waals surface area contributed by atoms with Crippen LogP contribution in [0.25, 0.3) is 0 Å². The summed E-state index contributed by atoms with van der Waals surface area (Å²) in [6, 6.07) is 2.02. The Labute approximate surface area is 98.6 Å². The minimum absolute atomic E-state index is 0.0689. The fourth-order valence-corrected chi connectivity index (χ4v) is 1.46. The molecule has 1 heterocycles. The zero-order valence-corrected chi connectivity index (χ0v) is 9.89. The van der Waals surface area contributed by atoms with Crippen molar-refractivity contribution in [2.24, 2.45) is 7.05 Å². The van der Waals surface area contributed by atoms with Crippen molar-refractivity contribution in [2.45, 2.75) is 13.0 Å². The highest BCUT2D eigenvalue weighted by molar-refractivity contribution is 5.73. The lowest BCUT2D eigenvalue weighted by atomic mass is 10.2. The lowest BCUT2D eigenvalue weighted by Crippen LogP contribution is -2.31. The summed E-state index contributed by atoms with van der Waals surface area (Å²) in [5.41, 5.74) is 1.01. The van der Waals surface area contributed by atoms with Gasteiger partial charge in [0.25, 0.3) is 0 Å². The zero-order chi connectivity index (χ0) is 13.0.